The fourth-order valence-electron chi connectivity index (χ4n) is 1.69. The van der Waals surface area contributed by atoms with Gasteiger partial charge in [-0.3, -0.25) is 0 Å². The van der Waals surface area contributed by atoms with Crippen LogP contribution in [-0.4, -0.2) is 16.1 Å². The van der Waals surface area contributed by atoms with Crippen LogP contribution in [0.4, 0.5) is 0 Å². The van der Waals surface area contributed by atoms with Crippen LogP contribution in [0.2, 0.25) is 0 Å². The van der Waals surface area contributed by atoms with E-state index in [1.807, 2.05) is 6.33 Å². The zero-order valence-electron chi connectivity index (χ0n) is 10.7. The third-order valence-corrected chi connectivity index (χ3v) is 4.19. The molecule has 0 amide bonds. The third kappa shape index (κ3) is 4.23. The Kier molecular flexibility index (Phi) is 4.97. The zero-order chi connectivity index (χ0) is 13.0. The van der Waals surface area contributed by atoms with Gasteiger partial charge in [0.2, 0.25) is 0 Å². The first kappa shape index (κ1) is 13.8. The van der Waals surface area contributed by atoms with E-state index in [1.54, 1.807) is 11.3 Å². The molecule has 0 unspecified atom stereocenters. The summed E-state index contributed by atoms with van der Waals surface area (Å²) in [5, 5.41) is 5.51. The summed E-state index contributed by atoms with van der Waals surface area (Å²) in [5.74, 6) is 0.676. The minimum atomic E-state index is 0.676. The van der Waals surface area contributed by atoms with Crippen LogP contribution < -0.4 is 5.32 Å². The first-order valence-corrected chi connectivity index (χ1v) is 7.75. The van der Waals surface area contributed by atoms with Crippen LogP contribution in [0.3, 0.4) is 0 Å². The average Bonchev–Trinajstić information content (AvgIpc) is 2.89. The van der Waals surface area contributed by atoms with Crippen molar-refractivity contribution in [2.75, 3.05) is 6.54 Å². The highest BCUT2D eigenvalue weighted by molar-refractivity contribution is 9.10. The van der Waals surface area contributed by atoms with Gasteiger partial charge in [0.05, 0.1) is 18.6 Å². The molecule has 0 aliphatic rings. The molecule has 0 aliphatic heterocycles. The summed E-state index contributed by atoms with van der Waals surface area (Å²) < 4.78 is 3.28. The fraction of sp³-hybridized carbons (Fsp3) is 0.462. The topological polar surface area (TPSA) is 29.9 Å². The molecule has 0 fully saturated rings. The lowest BCUT2D eigenvalue weighted by Gasteiger charge is -2.04. The minimum absolute atomic E-state index is 0.676. The van der Waals surface area contributed by atoms with Crippen molar-refractivity contribution in [2.45, 2.75) is 26.9 Å². The molecule has 5 heteroatoms. The Morgan fingerprint density at radius 3 is 3.00 bits per heavy atom. The molecular formula is C13H18BrN3S. The molecule has 1 N–H and O–H groups in total. The normalized spacial score (nSPS) is 11.3. The second-order valence-corrected chi connectivity index (χ2v) is 6.70. The number of imidazole rings is 1. The van der Waals surface area contributed by atoms with Crippen molar-refractivity contribution in [1.82, 2.24) is 14.9 Å². The van der Waals surface area contributed by atoms with Gasteiger partial charge in [-0.25, -0.2) is 4.98 Å². The molecule has 2 aromatic heterocycles. The summed E-state index contributed by atoms with van der Waals surface area (Å²) in [6, 6.07) is 2.15. The molecule has 0 bridgehead atoms. The SMILES string of the molecule is CC(C)CNCc1cn(Cc2cc(Br)cs2)cn1. The van der Waals surface area contributed by atoms with Gasteiger partial charge in [-0.15, -0.1) is 11.3 Å². The molecule has 0 saturated carbocycles. The maximum absolute atomic E-state index is 4.41. The van der Waals surface area contributed by atoms with Crippen LogP contribution in [0.25, 0.3) is 0 Å². The Morgan fingerprint density at radius 1 is 1.50 bits per heavy atom. The zero-order valence-corrected chi connectivity index (χ0v) is 13.1. The highest BCUT2D eigenvalue weighted by atomic mass is 79.9. The van der Waals surface area contributed by atoms with Crippen LogP contribution in [-0.2, 0) is 13.1 Å². The number of aromatic nitrogens is 2. The van der Waals surface area contributed by atoms with Gasteiger partial charge < -0.3 is 9.88 Å². The van der Waals surface area contributed by atoms with Crippen molar-refractivity contribution in [3.8, 4) is 0 Å². The molecule has 0 radical (unpaired) electrons. The number of nitrogens with one attached hydrogen (secondary N) is 1. The monoisotopic (exact) mass is 327 g/mol. The molecule has 0 aromatic carbocycles. The standard InChI is InChI=1S/C13H18BrN3S/c1-10(2)4-15-5-12-6-17(9-16-12)7-13-3-11(14)8-18-13/h3,6,8-10,15H,4-5,7H2,1-2H3. The number of thiophene rings is 1. The first-order valence-electron chi connectivity index (χ1n) is 6.08. The lowest BCUT2D eigenvalue weighted by molar-refractivity contribution is 0.548. The highest BCUT2D eigenvalue weighted by Crippen LogP contribution is 2.20. The third-order valence-electron chi connectivity index (χ3n) is 2.51. The number of rotatable bonds is 6. The highest BCUT2D eigenvalue weighted by Gasteiger charge is 2.02. The van der Waals surface area contributed by atoms with Gasteiger partial charge >= 0.3 is 0 Å². The molecule has 0 atom stereocenters. The van der Waals surface area contributed by atoms with Crippen molar-refractivity contribution < 1.29 is 0 Å². The van der Waals surface area contributed by atoms with E-state index in [0.29, 0.717) is 5.92 Å². The molecule has 3 nitrogen and oxygen atoms in total. The summed E-state index contributed by atoms with van der Waals surface area (Å²) in [5.41, 5.74) is 1.10. The van der Waals surface area contributed by atoms with E-state index in [0.717, 1.165) is 29.8 Å². The summed E-state index contributed by atoms with van der Waals surface area (Å²) in [6.07, 6.45) is 4.01. The number of halogens is 1. The summed E-state index contributed by atoms with van der Waals surface area (Å²) in [7, 11) is 0. The van der Waals surface area contributed by atoms with Crippen molar-refractivity contribution in [2.24, 2.45) is 5.92 Å². The predicted octanol–water partition coefficient (Wildman–Crippen LogP) is 3.50. The maximum Gasteiger partial charge on any atom is 0.0953 e. The van der Waals surface area contributed by atoms with Gasteiger partial charge in [-0.2, -0.15) is 0 Å². The van der Waals surface area contributed by atoms with Gasteiger partial charge in [0.1, 0.15) is 0 Å². The Bertz CT molecular complexity index is 490. The number of hydrogen-bond acceptors (Lipinski definition) is 3. The summed E-state index contributed by atoms with van der Waals surface area (Å²) in [6.45, 7) is 7.19. The molecule has 2 heterocycles. The van der Waals surface area contributed by atoms with Gasteiger partial charge in [0.15, 0.2) is 0 Å². The van der Waals surface area contributed by atoms with Crippen molar-refractivity contribution in [1.29, 1.82) is 0 Å². The molecule has 2 aromatic rings. The Labute approximate surface area is 120 Å². The second kappa shape index (κ2) is 6.50. The van der Waals surface area contributed by atoms with Gasteiger partial charge in [0, 0.05) is 27.5 Å². The van der Waals surface area contributed by atoms with E-state index in [-0.39, 0.29) is 0 Å². The molecule has 0 spiro atoms. The first-order chi connectivity index (χ1) is 8.63. The van der Waals surface area contributed by atoms with Crippen LogP contribution in [0.15, 0.2) is 28.4 Å². The van der Waals surface area contributed by atoms with Crippen LogP contribution in [0.5, 0.6) is 0 Å². The molecule has 18 heavy (non-hydrogen) atoms. The Hall–Kier alpha value is -0.650. The van der Waals surface area contributed by atoms with E-state index < -0.39 is 0 Å². The predicted molar refractivity (Wildman–Crippen MR) is 79.9 cm³/mol. The molecule has 0 saturated heterocycles. The smallest absolute Gasteiger partial charge is 0.0953 e. The van der Waals surface area contributed by atoms with Crippen LogP contribution in [0, 0.1) is 5.92 Å². The fourth-order valence-corrected chi connectivity index (χ4v) is 3.15. The minimum Gasteiger partial charge on any atom is -0.332 e. The molecular weight excluding hydrogens is 310 g/mol. The van der Waals surface area contributed by atoms with Gasteiger partial charge in [-0.1, -0.05) is 13.8 Å². The second-order valence-electron chi connectivity index (χ2n) is 4.79. The maximum atomic E-state index is 4.41. The number of hydrogen-bond donors (Lipinski definition) is 1. The van der Waals surface area contributed by atoms with Crippen LogP contribution in [0.1, 0.15) is 24.4 Å². The van der Waals surface area contributed by atoms with E-state index in [1.165, 1.54) is 4.88 Å². The van der Waals surface area contributed by atoms with Crippen molar-refractivity contribution in [3.63, 3.8) is 0 Å². The molecule has 0 aliphatic carbocycles. The summed E-state index contributed by atoms with van der Waals surface area (Å²) in [4.78, 5) is 5.74. The average molecular weight is 328 g/mol. The molecule has 98 valence electrons. The van der Waals surface area contributed by atoms with Crippen molar-refractivity contribution in [3.05, 3.63) is 39.0 Å². The number of nitrogens with zero attached hydrogens (tertiary/aromatic N) is 2. The largest absolute Gasteiger partial charge is 0.332 e. The lowest BCUT2D eigenvalue weighted by atomic mass is 10.2. The van der Waals surface area contributed by atoms with Crippen LogP contribution >= 0.6 is 27.3 Å². The molecule has 2 rings (SSSR count). The lowest BCUT2D eigenvalue weighted by Crippen LogP contribution is -2.19. The summed E-state index contributed by atoms with van der Waals surface area (Å²) >= 11 is 5.24. The van der Waals surface area contributed by atoms with Crippen molar-refractivity contribution >= 4 is 27.3 Å². The van der Waals surface area contributed by atoms with E-state index in [4.69, 9.17) is 0 Å². The van der Waals surface area contributed by atoms with E-state index in [9.17, 15) is 0 Å². The van der Waals surface area contributed by atoms with E-state index >= 15 is 0 Å². The quantitative estimate of drug-likeness (QED) is 0.879. The van der Waals surface area contributed by atoms with Gasteiger partial charge in [0.25, 0.3) is 0 Å². The Balaban J connectivity index is 1.86. The van der Waals surface area contributed by atoms with E-state index in [2.05, 4.69) is 62.3 Å². The Morgan fingerprint density at radius 2 is 2.33 bits per heavy atom. The van der Waals surface area contributed by atoms with Gasteiger partial charge in [-0.05, 0) is 34.5 Å².